The highest BCUT2D eigenvalue weighted by molar-refractivity contribution is 6.34. The molecule has 0 bridgehead atoms. The Morgan fingerprint density at radius 3 is 2.48 bits per heavy atom. The average Bonchev–Trinajstić information content (AvgIpc) is 2.34. The van der Waals surface area contributed by atoms with Crippen molar-refractivity contribution in [2.24, 2.45) is 11.3 Å². The third-order valence-electron chi connectivity index (χ3n) is 2.72. The van der Waals surface area contributed by atoms with E-state index in [0.29, 0.717) is 6.54 Å². The second-order valence-electron chi connectivity index (χ2n) is 5.98. The zero-order chi connectivity index (χ0) is 16.4. The van der Waals surface area contributed by atoms with Crippen LogP contribution in [0.25, 0.3) is 0 Å². The minimum atomic E-state index is -0.637. The van der Waals surface area contributed by atoms with E-state index in [2.05, 4.69) is 5.43 Å². The van der Waals surface area contributed by atoms with E-state index in [1.807, 2.05) is 20.8 Å². The summed E-state index contributed by atoms with van der Waals surface area (Å²) in [6, 6.07) is 2.54. The van der Waals surface area contributed by atoms with E-state index >= 15 is 0 Å². The summed E-state index contributed by atoms with van der Waals surface area (Å²) >= 11 is 5.94. The van der Waals surface area contributed by atoms with Gasteiger partial charge in [0.1, 0.15) is 5.69 Å². The first-order valence-corrected chi connectivity index (χ1v) is 6.64. The van der Waals surface area contributed by atoms with Crippen molar-refractivity contribution >= 4 is 28.9 Å². The topological polar surface area (TPSA) is 102 Å². The van der Waals surface area contributed by atoms with Crippen LogP contribution < -0.4 is 11.3 Å². The normalized spacial score (nSPS) is 11.1. The number of nitrogen functional groups attached to an aromatic ring is 1. The fourth-order valence-electron chi connectivity index (χ4n) is 2.01. The summed E-state index contributed by atoms with van der Waals surface area (Å²) < 4.78 is 0. The van der Waals surface area contributed by atoms with E-state index in [0.717, 1.165) is 0 Å². The molecule has 1 aromatic rings. The van der Waals surface area contributed by atoms with Crippen molar-refractivity contribution in [1.82, 2.24) is 4.90 Å². The molecule has 0 saturated carbocycles. The van der Waals surface area contributed by atoms with E-state index in [9.17, 15) is 14.9 Å². The van der Waals surface area contributed by atoms with Crippen molar-refractivity contribution in [2.75, 3.05) is 19.0 Å². The molecule has 1 amide bonds. The van der Waals surface area contributed by atoms with Gasteiger partial charge in [-0.1, -0.05) is 32.4 Å². The summed E-state index contributed by atoms with van der Waals surface area (Å²) in [7, 11) is 1.64. The van der Waals surface area contributed by atoms with Gasteiger partial charge in [0, 0.05) is 25.2 Å². The molecule has 0 aromatic heterocycles. The molecular weight excluding hydrogens is 296 g/mol. The molecule has 0 aliphatic rings. The molecule has 0 heterocycles. The molecule has 1 aromatic carbocycles. The predicted octanol–water partition coefficient (Wildman–Crippen LogP) is 2.65. The molecule has 7 nitrogen and oxygen atoms in total. The van der Waals surface area contributed by atoms with Gasteiger partial charge < -0.3 is 10.3 Å². The zero-order valence-electron chi connectivity index (χ0n) is 12.4. The largest absolute Gasteiger partial charge is 0.341 e. The number of carbonyl (C=O) groups is 1. The lowest BCUT2D eigenvalue weighted by Crippen LogP contribution is -2.34. The molecule has 3 N–H and O–H groups in total. The summed E-state index contributed by atoms with van der Waals surface area (Å²) in [5.74, 6) is 4.89. The molecule has 116 valence electrons. The van der Waals surface area contributed by atoms with Gasteiger partial charge in [-0.3, -0.25) is 20.8 Å². The number of nitrogens with zero attached hydrogens (tertiary/aromatic N) is 2. The van der Waals surface area contributed by atoms with E-state index in [-0.39, 0.29) is 33.3 Å². The smallest absolute Gasteiger partial charge is 0.295 e. The van der Waals surface area contributed by atoms with Crippen molar-refractivity contribution < 1.29 is 9.72 Å². The number of hydrogen-bond acceptors (Lipinski definition) is 5. The first-order chi connectivity index (χ1) is 9.56. The monoisotopic (exact) mass is 314 g/mol. The van der Waals surface area contributed by atoms with Crippen LogP contribution >= 0.6 is 11.6 Å². The molecule has 0 saturated heterocycles. The molecule has 0 aliphatic heterocycles. The lowest BCUT2D eigenvalue weighted by atomic mass is 9.96. The maximum Gasteiger partial charge on any atom is 0.295 e. The Morgan fingerprint density at radius 2 is 2.05 bits per heavy atom. The molecular formula is C13H19ClN4O3. The summed E-state index contributed by atoms with van der Waals surface area (Å²) in [4.78, 5) is 24.2. The van der Waals surface area contributed by atoms with Crippen LogP contribution in [0.3, 0.4) is 0 Å². The minimum absolute atomic E-state index is 0.0170. The lowest BCUT2D eigenvalue weighted by Gasteiger charge is -2.26. The van der Waals surface area contributed by atoms with Crippen LogP contribution in [0.2, 0.25) is 5.02 Å². The number of anilines is 1. The Labute approximate surface area is 128 Å². The van der Waals surface area contributed by atoms with Gasteiger partial charge in [-0.15, -0.1) is 0 Å². The van der Waals surface area contributed by atoms with Gasteiger partial charge in [0.25, 0.3) is 11.6 Å². The van der Waals surface area contributed by atoms with Crippen LogP contribution in [-0.4, -0.2) is 29.3 Å². The SMILES string of the molecule is CN(CC(C)(C)C)C(=O)c1cc(Cl)c(NN)c([N+](=O)[O-])c1. The third kappa shape index (κ3) is 4.30. The number of halogens is 1. The molecule has 1 rings (SSSR count). The maximum atomic E-state index is 12.3. The number of nitro benzene ring substituents is 1. The van der Waals surface area contributed by atoms with Gasteiger partial charge in [-0.25, -0.2) is 0 Å². The van der Waals surface area contributed by atoms with E-state index in [4.69, 9.17) is 17.4 Å². The van der Waals surface area contributed by atoms with Crippen molar-refractivity contribution in [3.8, 4) is 0 Å². The fraction of sp³-hybridized carbons (Fsp3) is 0.462. The second kappa shape index (κ2) is 6.28. The first-order valence-electron chi connectivity index (χ1n) is 6.27. The fourth-order valence-corrected chi connectivity index (χ4v) is 2.28. The van der Waals surface area contributed by atoms with Crippen molar-refractivity contribution in [1.29, 1.82) is 0 Å². The molecule has 0 atom stereocenters. The Balaban J connectivity index is 3.20. The van der Waals surface area contributed by atoms with Crippen LogP contribution in [0.4, 0.5) is 11.4 Å². The molecule has 21 heavy (non-hydrogen) atoms. The summed E-state index contributed by atoms with van der Waals surface area (Å²) in [5, 5.41) is 11.1. The zero-order valence-corrected chi connectivity index (χ0v) is 13.2. The highest BCUT2D eigenvalue weighted by Crippen LogP contribution is 2.33. The number of benzene rings is 1. The number of carbonyl (C=O) groups excluding carboxylic acids is 1. The highest BCUT2D eigenvalue weighted by Gasteiger charge is 2.24. The highest BCUT2D eigenvalue weighted by atomic mass is 35.5. The number of hydrazine groups is 1. The van der Waals surface area contributed by atoms with E-state index < -0.39 is 4.92 Å². The average molecular weight is 315 g/mol. The van der Waals surface area contributed by atoms with Crippen LogP contribution in [0.1, 0.15) is 31.1 Å². The van der Waals surface area contributed by atoms with Crippen LogP contribution in [-0.2, 0) is 0 Å². The summed E-state index contributed by atoms with van der Waals surface area (Å²) in [5.41, 5.74) is 1.89. The number of amides is 1. The Kier molecular flexibility index (Phi) is 5.14. The Bertz CT molecular complexity index is 569. The van der Waals surface area contributed by atoms with Crippen molar-refractivity contribution in [3.05, 3.63) is 32.8 Å². The maximum absolute atomic E-state index is 12.3. The van der Waals surface area contributed by atoms with Gasteiger partial charge in [0.05, 0.1) is 9.95 Å². The molecule has 0 spiro atoms. The number of nitrogens with one attached hydrogen (secondary N) is 1. The number of hydrogen-bond donors (Lipinski definition) is 2. The van der Waals surface area contributed by atoms with Crippen LogP contribution in [0.5, 0.6) is 0 Å². The molecule has 0 fully saturated rings. The van der Waals surface area contributed by atoms with Crippen LogP contribution in [0.15, 0.2) is 12.1 Å². The molecule has 0 radical (unpaired) electrons. The van der Waals surface area contributed by atoms with Gasteiger partial charge in [0.2, 0.25) is 0 Å². The van der Waals surface area contributed by atoms with Crippen molar-refractivity contribution in [3.63, 3.8) is 0 Å². The third-order valence-corrected chi connectivity index (χ3v) is 3.01. The van der Waals surface area contributed by atoms with E-state index in [1.54, 1.807) is 7.05 Å². The predicted molar refractivity (Wildman–Crippen MR) is 82.3 cm³/mol. The van der Waals surface area contributed by atoms with Crippen LogP contribution in [0, 0.1) is 15.5 Å². The first kappa shape index (κ1) is 17.2. The second-order valence-corrected chi connectivity index (χ2v) is 6.38. The van der Waals surface area contributed by atoms with Gasteiger partial charge in [0.15, 0.2) is 0 Å². The number of rotatable bonds is 4. The standard InChI is InChI=1S/C13H19ClN4O3/c1-13(2,3)7-17(4)12(19)8-5-9(14)11(16-15)10(6-8)18(20)21/h5-6,16H,7,15H2,1-4H3. The van der Waals surface area contributed by atoms with Gasteiger partial charge >= 0.3 is 0 Å². The Morgan fingerprint density at radius 1 is 1.48 bits per heavy atom. The number of nitro groups is 1. The number of nitrogens with two attached hydrogens (primary N) is 1. The summed E-state index contributed by atoms with van der Waals surface area (Å²) in [6.07, 6.45) is 0. The lowest BCUT2D eigenvalue weighted by molar-refractivity contribution is -0.384. The van der Waals surface area contributed by atoms with Gasteiger partial charge in [-0.2, -0.15) is 0 Å². The van der Waals surface area contributed by atoms with Gasteiger partial charge in [-0.05, 0) is 11.5 Å². The van der Waals surface area contributed by atoms with E-state index in [1.165, 1.54) is 17.0 Å². The summed E-state index contributed by atoms with van der Waals surface area (Å²) in [6.45, 7) is 6.49. The minimum Gasteiger partial charge on any atom is -0.341 e. The molecule has 8 heteroatoms. The quantitative estimate of drug-likeness (QED) is 0.505. The Hall–Kier alpha value is -1.86. The van der Waals surface area contributed by atoms with Crippen molar-refractivity contribution in [2.45, 2.75) is 20.8 Å². The molecule has 0 unspecified atom stereocenters. The molecule has 0 aliphatic carbocycles.